The van der Waals surface area contributed by atoms with Gasteiger partial charge in [0.1, 0.15) is 5.75 Å². The van der Waals surface area contributed by atoms with Crippen molar-refractivity contribution in [1.82, 2.24) is 10.2 Å². The van der Waals surface area contributed by atoms with E-state index in [9.17, 15) is 9.59 Å². The van der Waals surface area contributed by atoms with Crippen molar-refractivity contribution in [2.45, 2.75) is 0 Å². The fourth-order valence-corrected chi connectivity index (χ4v) is 4.42. The number of piperazine rings is 1. The zero-order valence-electron chi connectivity index (χ0n) is 18.7. The molecule has 2 N–H and O–H groups in total. The van der Waals surface area contributed by atoms with E-state index in [1.54, 1.807) is 35.2 Å². The van der Waals surface area contributed by atoms with E-state index in [2.05, 4.69) is 15.5 Å². The minimum atomic E-state index is -0.452. The molecule has 11 heteroatoms. The number of carbonyl (C=O) groups is 2. The molecule has 182 valence electrons. The van der Waals surface area contributed by atoms with Crippen molar-refractivity contribution in [2.24, 2.45) is 0 Å². The maximum absolute atomic E-state index is 12.6. The molecular formula is C24H22Cl2N4O4S. The lowest BCUT2D eigenvalue weighted by Crippen LogP contribution is -2.48. The third-order valence-electron chi connectivity index (χ3n) is 5.48. The Bertz CT molecular complexity index is 1240. The molecule has 1 aromatic heterocycles. The summed E-state index contributed by atoms with van der Waals surface area (Å²) < 4.78 is 10.4. The molecule has 1 fully saturated rings. The number of nitrogens with one attached hydrogen (secondary N) is 2. The van der Waals surface area contributed by atoms with Gasteiger partial charge in [0.2, 0.25) is 0 Å². The van der Waals surface area contributed by atoms with Gasteiger partial charge in [0.05, 0.1) is 29.6 Å². The lowest BCUT2D eigenvalue weighted by atomic mass is 10.2. The second-order valence-corrected chi connectivity index (χ2v) is 8.93. The third kappa shape index (κ3) is 5.87. The molecule has 0 spiro atoms. The van der Waals surface area contributed by atoms with Crippen molar-refractivity contribution in [3.63, 3.8) is 0 Å². The third-order valence-corrected chi connectivity index (χ3v) is 6.22. The molecule has 2 amide bonds. The first-order valence-corrected chi connectivity index (χ1v) is 11.9. The number of thiocarbonyl (C=S) groups is 1. The first kappa shape index (κ1) is 24.8. The van der Waals surface area contributed by atoms with Crippen LogP contribution in [0.1, 0.15) is 20.9 Å². The highest BCUT2D eigenvalue weighted by Gasteiger charge is 2.25. The number of halogens is 2. The summed E-state index contributed by atoms with van der Waals surface area (Å²) in [5, 5.41) is 6.61. The fourth-order valence-electron chi connectivity index (χ4n) is 3.74. The van der Waals surface area contributed by atoms with Crippen LogP contribution in [0, 0.1) is 0 Å². The van der Waals surface area contributed by atoms with Gasteiger partial charge >= 0.3 is 0 Å². The number of rotatable bonds is 5. The zero-order chi connectivity index (χ0) is 24.9. The molecule has 1 saturated heterocycles. The Labute approximate surface area is 217 Å². The predicted molar refractivity (Wildman–Crippen MR) is 140 cm³/mol. The highest BCUT2D eigenvalue weighted by atomic mass is 35.5. The molecule has 4 rings (SSSR count). The van der Waals surface area contributed by atoms with Gasteiger partial charge in [-0.1, -0.05) is 23.2 Å². The number of nitrogens with zero attached hydrogens (tertiary/aromatic N) is 2. The molecular weight excluding hydrogens is 511 g/mol. The highest BCUT2D eigenvalue weighted by Crippen LogP contribution is 2.30. The molecule has 0 unspecified atom stereocenters. The van der Waals surface area contributed by atoms with E-state index in [1.165, 1.54) is 19.4 Å². The quantitative estimate of drug-likeness (QED) is 0.461. The Morgan fingerprint density at radius 1 is 1.06 bits per heavy atom. The molecule has 0 bridgehead atoms. The molecule has 0 radical (unpaired) electrons. The highest BCUT2D eigenvalue weighted by molar-refractivity contribution is 7.80. The van der Waals surface area contributed by atoms with Gasteiger partial charge in [-0.25, -0.2) is 0 Å². The van der Waals surface area contributed by atoms with E-state index in [1.807, 2.05) is 12.1 Å². The number of anilines is 2. The number of hydrogen-bond acceptors (Lipinski definition) is 6. The molecule has 8 nitrogen and oxygen atoms in total. The van der Waals surface area contributed by atoms with Gasteiger partial charge in [-0.2, -0.15) is 0 Å². The summed E-state index contributed by atoms with van der Waals surface area (Å²) in [6.07, 6.45) is 1.49. The summed E-state index contributed by atoms with van der Waals surface area (Å²) in [4.78, 5) is 28.9. The molecule has 0 aliphatic carbocycles. The zero-order valence-corrected chi connectivity index (χ0v) is 21.0. The van der Waals surface area contributed by atoms with E-state index in [0.29, 0.717) is 53.4 Å². The Morgan fingerprint density at radius 3 is 2.49 bits per heavy atom. The van der Waals surface area contributed by atoms with Crippen LogP contribution in [0.15, 0.2) is 59.2 Å². The standard InChI is InChI=1S/C24H22Cl2N4O4S/c1-33-20-7-4-15(25)13-17(20)22(31)28-24(35)27-16-5-6-19(18(26)14-16)29-8-10-30(11-9-29)23(32)21-3-2-12-34-21/h2-7,12-14H,8-11H2,1H3,(H2,27,28,31,35). The average Bonchev–Trinajstić information content (AvgIpc) is 3.39. The van der Waals surface area contributed by atoms with Gasteiger partial charge in [-0.3, -0.25) is 14.9 Å². The Morgan fingerprint density at radius 2 is 1.83 bits per heavy atom. The van der Waals surface area contributed by atoms with E-state index >= 15 is 0 Å². The number of ether oxygens (including phenoxy) is 1. The number of amides is 2. The summed E-state index contributed by atoms with van der Waals surface area (Å²) in [7, 11) is 1.47. The molecule has 0 saturated carbocycles. The normalized spacial score (nSPS) is 13.3. The SMILES string of the molecule is COc1ccc(Cl)cc1C(=O)NC(=S)Nc1ccc(N2CCN(C(=O)c3ccco3)CC2)c(Cl)c1. The van der Waals surface area contributed by atoms with Gasteiger partial charge in [0.15, 0.2) is 10.9 Å². The van der Waals surface area contributed by atoms with E-state index in [4.69, 9.17) is 44.6 Å². The van der Waals surface area contributed by atoms with E-state index < -0.39 is 5.91 Å². The van der Waals surface area contributed by atoms with E-state index in [-0.39, 0.29) is 16.6 Å². The van der Waals surface area contributed by atoms with Crippen molar-refractivity contribution >= 4 is 63.7 Å². The smallest absolute Gasteiger partial charge is 0.289 e. The van der Waals surface area contributed by atoms with E-state index in [0.717, 1.165) is 5.69 Å². The summed E-state index contributed by atoms with van der Waals surface area (Å²) >= 11 is 17.8. The molecule has 2 heterocycles. The number of carbonyl (C=O) groups excluding carboxylic acids is 2. The Balaban J connectivity index is 1.34. The van der Waals surface area contributed by atoms with Gasteiger partial charge < -0.3 is 24.3 Å². The molecule has 2 aromatic carbocycles. The lowest BCUT2D eigenvalue weighted by molar-refractivity contribution is 0.0714. The first-order chi connectivity index (χ1) is 16.9. The van der Waals surface area contributed by atoms with Gasteiger partial charge in [-0.05, 0) is 60.7 Å². The van der Waals surface area contributed by atoms with Gasteiger partial charge in [0.25, 0.3) is 11.8 Å². The molecule has 0 atom stereocenters. The van der Waals surface area contributed by atoms with Crippen LogP contribution >= 0.6 is 35.4 Å². The van der Waals surface area contributed by atoms with Crippen LogP contribution in [0.4, 0.5) is 11.4 Å². The van der Waals surface area contributed by atoms with Crippen LogP contribution in [-0.4, -0.2) is 55.1 Å². The summed E-state index contributed by atoms with van der Waals surface area (Å²) in [6, 6.07) is 13.5. The summed E-state index contributed by atoms with van der Waals surface area (Å²) in [6.45, 7) is 2.38. The average molecular weight is 533 g/mol. The Kier molecular flexibility index (Phi) is 7.80. The monoisotopic (exact) mass is 532 g/mol. The fraction of sp³-hybridized carbons (Fsp3) is 0.208. The molecule has 3 aromatic rings. The second-order valence-electron chi connectivity index (χ2n) is 7.68. The minimum Gasteiger partial charge on any atom is -0.496 e. The Hall–Kier alpha value is -3.27. The van der Waals surface area contributed by atoms with Crippen LogP contribution < -0.4 is 20.3 Å². The second kappa shape index (κ2) is 11.0. The van der Waals surface area contributed by atoms with Gasteiger partial charge in [-0.15, -0.1) is 0 Å². The van der Waals surface area contributed by atoms with Crippen LogP contribution in [0.3, 0.4) is 0 Å². The maximum atomic E-state index is 12.6. The maximum Gasteiger partial charge on any atom is 0.289 e. The van der Waals surface area contributed by atoms with Crippen molar-refractivity contribution in [3.8, 4) is 5.75 Å². The minimum absolute atomic E-state index is 0.103. The van der Waals surface area contributed by atoms with Crippen LogP contribution in [0.5, 0.6) is 5.75 Å². The predicted octanol–water partition coefficient (Wildman–Crippen LogP) is 4.68. The largest absolute Gasteiger partial charge is 0.496 e. The number of furan rings is 1. The molecule has 35 heavy (non-hydrogen) atoms. The van der Waals surface area contributed by atoms with Crippen LogP contribution in [-0.2, 0) is 0 Å². The van der Waals surface area contributed by atoms with Crippen molar-refractivity contribution in [2.75, 3.05) is 43.5 Å². The molecule has 1 aliphatic heterocycles. The van der Waals surface area contributed by atoms with Crippen molar-refractivity contribution < 1.29 is 18.7 Å². The van der Waals surface area contributed by atoms with Crippen molar-refractivity contribution in [3.05, 3.63) is 76.2 Å². The topological polar surface area (TPSA) is 87.0 Å². The summed E-state index contributed by atoms with van der Waals surface area (Å²) in [5.74, 6) is 0.148. The van der Waals surface area contributed by atoms with Crippen molar-refractivity contribution in [1.29, 1.82) is 0 Å². The summed E-state index contributed by atoms with van der Waals surface area (Å²) in [5.41, 5.74) is 1.73. The lowest BCUT2D eigenvalue weighted by Gasteiger charge is -2.36. The first-order valence-electron chi connectivity index (χ1n) is 10.7. The number of methoxy groups -OCH3 is 1. The van der Waals surface area contributed by atoms with Crippen LogP contribution in [0.25, 0.3) is 0 Å². The van der Waals surface area contributed by atoms with Gasteiger partial charge in [0, 0.05) is 36.9 Å². The number of benzene rings is 2. The molecule has 1 aliphatic rings. The number of hydrogen-bond donors (Lipinski definition) is 2. The van der Waals surface area contributed by atoms with Crippen LogP contribution in [0.2, 0.25) is 10.0 Å².